The monoisotopic (exact) mass is 291 g/mol. The summed E-state index contributed by atoms with van der Waals surface area (Å²) >= 11 is 0. The van der Waals surface area contributed by atoms with Crippen LogP contribution in [0.4, 0.5) is 0 Å². The minimum atomic E-state index is -0.00451. The smallest absolute Gasteiger partial charge is 0.159 e. The largest absolute Gasteiger partial charge is 0.371 e. The molecular formula is C17H25NO3. The van der Waals surface area contributed by atoms with E-state index in [2.05, 4.69) is 36.1 Å². The first-order chi connectivity index (χ1) is 10.3. The quantitative estimate of drug-likeness (QED) is 0.833. The molecule has 2 fully saturated rings. The van der Waals surface area contributed by atoms with Crippen LogP contribution >= 0.6 is 0 Å². The maximum absolute atomic E-state index is 5.94. The highest BCUT2D eigenvalue weighted by Gasteiger charge is 2.23. The van der Waals surface area contributed by atoms with E-state index < -0.39 is 0 Å². The second-order valence-corrected chi connectivity index (χ2v) is 5.71. The van der Waals surface area contributed by atoms with E-state index in [1.54, 1.807) is 0 Å². The molecule has 2 aliphatic rings. The number of nitrogens with zero attached hydrogens (tertiary/aromatic N) is 1. The number of rotatable bonds is 5. The van der Waals surface area contributed by atoms with E-state index in [-0.39, 0.29) is 12.4 Å². The molecule has 1 aromatic rings. The summed E-state index contributed by atoms with van der Waals surface area (Å²) in [4.78, 5) is 2.45. The van der Waals surface area contributed by atoms with E-state index in [1.165, 1.54) is 11.1 Å². The molecule has 1 aromatic carbocycles. The average molecular weight is 291 g/mol. The molecule has 1 unspecified atom stereocenters. The number of ether oxygens (including phenoxy) is 3. The molecule has 0 aliphatic carbocycles. The number of hydrogen-bond acceptors (Lipinski definition) is 4. The Labute approximate surface area is 127 Å². The fourth-order valence-electron chi connectivity index (χ4n) is 2.94. The zero-order valence-electron chi connectivity index (χ0n) is 12.8. The Balaban J connectivity index is 1.51. The van der Waals surface area contributed by atoms with Gasteiger partial charge in [0.1, 0.15) is 0 Å². The highest BCUT2D eigenvalue weighted by molar-refractivity contribution is 5.24. The molecular weight excluding hydrogens is 266 g/mol. The normalized spacial score (nSPS) is 24.5. The van der Waals surface area contributed by atoms with Gasteiger partial charge < -0.3 is 14.2 Å². The SMILES string of the molecule is CCc1ccc(C2CN(CCC3OCCO3)CCO2)cc1. The van der Waals surface area contributed by atoms with E-state index in [4.69, 9.17) is 14.2 Å². The molecule has 0 saturated carbocycles. The van der Waals surface area contributed by atoms with Crippen molar-refractivity contribution in [2.45, 2.75) is 32.2 Å². The molecule has 0 amide bonds. The fraction of sp³-hybridized carbons (Fsp3) is 0.647. The summed E-state index contributed by atoms with van der Waals surface area (Å²) in [5.74, 6) is 0. The van der Waals surface area contributed by atoms with Crippen LogP contribution in [0.2, 0.25) is 0 Å². The maximum Gasteiger partial charge on any atom is 0.159 e. The van der Waals surface area contributed by atoms with Crippen LogP contribution in [0, 0.1) is 0 Å². The molecule has 21 heavy (non-hydrogen) atoms. The van der Waals surface area contributed by atoms with Gasteiger partial charge in [0, 0.05) is 26.1 Å². The molecule has 1 atom stereocenters. The van der Waals surface area contributed by atoms with Gasteiger partial charge in [-0.2, -0.15) is 0 Å². The van der Waals surface area contributed by atoms with E-state index in [0.29, 0.717) is 0 Å². The van der Waals surface area contributed by atoms with Gasteiger partial charge >= 0.3 is 0 Å². The Bertz CT molecular complexity index is 428. The summed E-state index contributed by atoms with van der Waals surface area (Å²) in [5, 5.41) is 0. The molecule has 4 heteroatoms. The van der Waals surface area contributed by atoms with Crippen molar-refractivity contribution in [2.24, 2.45) is 0 Å². The van der Waals surface area contributed by atoms with Gasteiger partial charge in [0.15, 0.2) is 6.29 Å². The summed E-state index contributed by atoms with van der Waals surface area (Å²) in [6, 6.07) is 8.82. The van der Waals surface area contributed by atoms with Crippen LogP contribution in [0.25, 0.3) is 0 Å². The predicted molar refractivity (Wildman–Crippen MR) is 81.3 cm³/mol. The third-order valence-corrected chi connectivity index (χ3v) is 4.28. The van der Waals surface area contributed by atoms with Crippen molar-refractivity contribution >= 4 is 0 Å². The van der Waals surface area contributed by atoms with Crippen LogP contribution in [0.15, 0.2) is 24.3 Å². The summed E-state index contributed by atoms with van der Waals surface area (Å²) in [6.45, 7) is 7.42. The first-order valence-electron chi connectivity index (χ1n) is 8.01. The van der Waals surface area contributed by atoms with Crippen molar-refractivity contribution in [3.63, 3.8) is 0 Å². The van der Waals surface area contributed by atoms with Gasteiger partial charge in [0.25, 0.3) is 0 Å². The van der Waals surface area contributed by atoms with E-state index >= 15 is 0 Å². The number of morpholine rings is 1. The van der Waals surface area contributed by atoms with Crippen molar-refractivity contribution in [1.82, 2.24) is 4.90 Å². The fourth-order valence-corrected chi connectivity index (χ4v) is 2.94. The van der Waals surface area contributed by atoms with Crippen LogP contribution in [0.5, 0.6) is 0 Å². The zero-order valence-corrected chi connectivity index (χ0v) is 12.8. The van der Waals surface area contributed by atoms with Gasteiger partial charge in [0.05, 0.1) is 25.9 Å². The van der Waals surface area contributed by atoms with E-state index in [0.717, 1.165) is 52.3 Å². The number of hydrogen-bond donors (Lipinski definition) is 0. The average Bonchev–Trinajstić information content (AvgIpc) is 3.07. The number of benzene rings is 1. The van der Waals surface area contributed by atoms with Crippen molar-refractivity contribution < 1.29 is 14.2 Å². The summed E-state index contributed by atoms with van der Waals surface area (Å²) in [7, 11) is 0. The second kappa shape index (κ2) is 7.36. The Morgan fingerprint density at radius 1 is 1.05 bits per heavy atom. The number of aryl methyl sites for hydroxylation is 1. The van der Waals surface area contributed by atoms with E-state index in [1.807, 2.05) is 0 Å². The molecule has 3 rings (SSSR count). The molecule has 0 N–H and O–H groups in total. The Kier molecular flexibility index (Phi) is 5.25. The third kappa shape index (κ3) is 4.04. The van der Waals surface area contributed by atoms with E-state index in [9.17, 15) is 0 Å². The molecule has 2 saturated heterocycles. The van der Waals surface area contributed by atoms with Crippen molar-refractivity contribution in [3.05, 3.63) is 35.4 Å². The molecule has 0 bridgehead atoms. The molecule has 116 valence electrons. The van der Waals surface area contributed by atoms with Crippen LogP contribution in [0.1, 0.15) is 30.6 Å². The first kappa shape index (κ1) is 15.0. The van der Waals surface area contributed by atoms with Gasteiger partial charge in [-0.3, -0.25) is 4.90 Å². The maximum atomic E-state index is 5.94. The lowest BCUT2D eigenvalue weighted by Gasteiger charge is -2.33. The Morgan fingerprint density at radius 3 is 2.52 bits per heavy atom. The summed E-state index contributed by atoms with van der Waals surface area (Å²) in [6.07, 6.45) is 2.21. The summed E-state index contributed by atoms with van der Waals surface area (Å²) < 4.78 is 16.9. The Hall–Kier alpha value is -0.940. The van der Waals surface area contributed by atoms with Crippen LogP contribution in [0.3, 0.4) is 0 Å². The summed E-state index contributed by atoms with van der Waals surface area (Å²) in [5.41, 5.74) is 2.66. The van der Waals surface area contributed by atoms with Gasteiger partial charge in [0.2, 0.25) is 0 Å². The lowest BCUT2D eigenvalue weighted by molar-refractivity contribution is -0.0673. The molecule has 0 aromatic heterocycles. The van der Waals surface area contributed by atoms with Crippen LogP contribution < -0.4 is 0 Å². The minimum Gasteiger partial charge on any atom is -0.371 e. The lowest BCUT2D eigenvalue weighted by atomic mass is 10.0. The molecule has 2 aliphatic heterocycles. The molecule has 0 radical (unpaired) electrons. The predicted octanol–water partition coefficient (Wildman–Crippen LogP) is 2.39. The third-order valence-electron chi connectivity index (χ3n) is 4.28. The van der Waals surface area contributed by atoms with Crippen molar-refractivity contribution in [3.8, 4) is 0 Å². The first-order valence-corrected chi connectivity index (χ1v) is 8.01. The van der Waals surface area contributed by atoms with Crippen LogP contribution in [-0.4, -0.2) is 50.6 Å². The van der Waals surface area contributed by atoms with Crippen LogP contribution in [-0.2, 0) is 20.6 Å². The van der Waals surface area contributed by atoms with Gasteiger partial charge in [-0.1, -0.05) is 31.2 Å². The second-order valence-electron chi connectivity index (χ2n) is 5.71. The van der Waals surface area contributed by atoms with Crippen molar-refractivity contribution in [1.29, 1.82) is 0 Å². The van der Waals surface area contributed by atoms with Crippen molar-refractivity contribution in [2.75, 3.05) is 39.5 Å². The topological polar surface area (TPSA) is 30.9 Å². The minimum absolute atomic E-state index is 0.00451. The molecule has 0 spiro atoms. The standard InChI is InChI=1S/C17H25NO3/c1-2-14-3-5-15(6-4-14)16-13-18(9-10-19-16)8-7-17-20-11-12-21-17/h3-6,16-17H,2,7-13H2,1H3. The zero-order chi connectivity index (χ0) is 14.5. The Morgan fingerprint density at radius 2 is 1.81 bits per heavy atom. The molecule has 4 nitrogen and oxygen atoms in total. The highest BCUT2D eigenvalue weighted by Crippen LogP contribution is 2.23. The van der Waals surface area contributed by atoms with Gasteiger partial charge in [-0.25, -0.2) is 0 Å². The highest BCUT2D eigenvalue weighted by atomic mass is 16.7. The van der Waals surface area contributed by atoms with Gasteiger partial charge in [-0.15, -0.1) is 0 Å². The lowest BCUT2D eigenvalue weighted by Crippen LogP contribution is -2.39. The molecule has 2 heterocycles. The van der Waals surface area contributed by atoms with Gasteiger partial charge in [-0.05, 0) is 17.5 Å².